The summed E-state index contributed by atoms with van der Waals surface area (Å²) in [5, 5.41) is 25.7. The predicted molar refractivity (Wildman–Crippen MR) is 113 cm³/mol. The highest BCUT2D eigenvalue weighted by Crippen LogP contribution is 2.26. The number of carbonyl (C=O) groups is 1. The van der Waals surface area contributed by atoms with Crippen LogP contribution in [0.4, 0.5) is 4.39 Å². The lowest BCUT2D eigenvalue weighted by Crippen LogP contribution is -2.36. The van der Waals surface area contributed by atoms with Crippen molar-refractivity contribution < 1.29 is 14.3 Å². The van der Waals surface area contributed by atoms with Crippen molar-refractivity contribution in [2.45, 2.75) is 46.0 Å². The molecule has 0 bridgehead atoms. The van der Waals surface area contributed by atoms with Crippen LogP contribution >= 0.6 is 11.6 Å². The lowest BCUT2D eigenvalue weighted by Gasteiger charge is -2.13. The predicted octanol–water partition coefficient (Wildman–Crippen LogP) is 2.92. The number of aromatic nitrogens is 4. The monoisotopic (exact) mass is 444 g/mol. The van der Waals surface area contributed by atoms with Gasteiger partial charge in [-0.15, -0.1) is 0 Å². The molecule has 0 aliphatic rings. The third-order valence-electron chi connectivity index (χ3n) is 4.60. The number of nitrogens with one attached hydrogen (secondary N) is 1. The van der Waals surface area contributed by atoms with Crippen LogP contribution in [0.2, 0.25) is 5.02 Å². The van der Waals surface area contributed by atoms with E-state index < -0.39 is 11.9 Å². The zero-order valence-corrected chi connectivity index (χ0v) is 18.1. The Hall–Kier alpha value is -3.22. The molecule has 3 rings (SSSR count). The number of benzene rings is 1. The number of aliphatic hydroxyl groups is 1. The van der Waals surface area contributed by atoms with E-state index in [4.69, 9.17) is 16.9 Å². The van der Waals surface area contributed by atoms with E-state index in [1.807, 2.05) is 6.92 Å². The Morgan fingerprint density at radius 1 is 1.39 bits per heavy atom. The third kappa shape index (κ3) is 5.29. The third-order valence-corrected chi connectivity index (χ3v) is 4.90. The molecule has 0 unspecified atom stereocenters. The van der Waals surface area contributed by atoms with Gasteiger partial charge in [-0.3, -0.25) is 9.48 Å². The van der Waals surface area contributed by atoms with Crippen LogP contribution in [-0.2, 0) is 13.1 Å². The number of nitriles is 1. The van der Waals surface area contributed by atoms with Crippen molar-refractivity contribution in [3.05, 3.63) is 58.5 Å². The molecule has 2 aromatic heterocycles. The van der Waals surface area contributed by atoms with E-state index in [9.17, 15) is 14.3 Å². The number of aliphatic hydroxyl groups excluding tert-OH is 1. The first kappa shape index (κ1) is 22.5. The highest BCUT2D eigenvalue weighted by molar-refractivity contribution is 6.32. The molecule has 10 heteroatoms. The molecule has 0 fully saturated rings. The van der Waals surface area contributed by atoms with Gasteiger partial charge in [0.15, 0.2) is 0 Å². The second kappa shape index (κ2) is 9.29. The quantitative estimate of drug-likeness (QED) is 0.582. The van der Waals surface area contributed by atoms with Gasteiger partial charge in [0.25, 0.3) is 5.91 Å². The van der Waals surface area contributed by atoms with E-state index in [1.165, 1.54) is 12.1 Å². The molecular weight excluding hydrogens is 423 g/mol. The Morgan fingerprint density at radius 3 is 2.77 bits per heavy atom. The van der Waals surface area contributed by atoms with E-state index in [1.54, 1.807) is 47.6 Å². The SMILES string of the molecule is Cc1nc(C(=O)N[C@@H](C)Cn2ccc(-c3cc(F)c(C#N)c(Cl)c3)n2)cn1C[C@H](C)O. The lowest BCUT2D eigenvalue weighted by molar-refractivity contribution is 0.0931. The van der Waals surface area contributed by atoms with Crippen LogP contribution in [0.1, 0.15) is 35.7 Å². The van der Waals surface area contributed by atoms with Gasteiger partial charge in [0.05, 0.1) is 23.4 Å². The summed E-state index contributed by atoms with van der Waals surface area (Å²) in [5.41, 5.74) is 1.02. The summed E-state index contributed by atoms with van der Waals surface area (Å²) in [6.07, 6.45) is 2.78. The van der Waals surface area contributed by atoms with Crippen molar-refractivity contribution in [2.24, 2.45) is 0 Å². The van der Waals surface area contributed by atoms with Gasteiger partial charge >= 0.3 is 0 Å². The van der Waals surface area contributed by atoms with Gasteiger partial charge in [0.1, 0.15) is 29.0 Å². The Labute approximate surface area is 183 Å². The molecule has 1 amide bonds. The molecular formula is C21H22ClFN6O2. The molecule has 0 saturated carbocycles. The molecule has 2 atom stereocenters. The largest absolute Gasteiger partial charge is 0.392 e. The maximum atomic E-state index is 14.0. The molecule has 31 heavy (non-hydrogen) atoms. The Kier molecular flexibility index (Phi) is 6.73. The van der Waals surface area contributed by atoms with Crippen molar-refractivity contribution in [3.8, 4) is 17.3 Å². The van der Waals surface area contributed by atoms with Gasteiger partial charge in [-0.2, -0.15) is 10.4 Å². The summed E-state index contributed by atoms with van der Waals surface area (Å²) in [6, 6.07) is 5.88. The maximum Gasteiger partial charge on any atom is 0.271 e. The minimum absolute atomic E-state index is 0.0259. The van der Waals surface area contributed by atoms with Gasteiger partial charge < -0.3 is 15.0 Å². The number of halogens is 2. The van der Waals surface area contributed by atoms with Gasteiger partial charge in [0, 0.05) is 30.5 Å². The van der Waals surface area contributed by atoms with Crippen LogP contribution in [0.5, 0.6) is 0 Å². The standard InChI is InChI=1S/C21H22ClFN6O2/c1-12(25-21(31)20-11-28(10-13(2)30)14(3)26-20)9-29-5-4-19(27-29)15-6-17(22)16(8-24)18(23)7-15/h4-7,11-13,30H,9-10H2,1-3H3,(H,25,31)/t12-,13-/m0/s1. The summed E-state index contributed by atoms with van der Waals surface area (Å²) < 4.78 is 17.4. The minimum atomic E-state index is -0.703. The first-order chi connectivity index (χ1) is 14.7. The lowest BCUT2D eigenvalue weighted by atomic mass is 10.1. The fourth-order valence-corrected chi connectivity index (χ4v) is 3.41. The van der Waals surface area contributed by atoms with Crippen molar-refractivity contribution in [1.82, 2.24) is 24.6 Å². The molecule has 0 aliphatic heterocycles. The van der Waals surface area contributed by atoms with E-state index in [0.717, 1.165) is 0 Å². The Morgan fingerprint density at radius 2 is 2.13 bits per heavy atom. The number of nitrogens with zero attached hydrogens (tertiary/aromatic N) is 5. The molecule has 162 valence electrons. The number of carbonyl (C=O) groups excluding carboxylic acids is 1. The zero-order chi connectivity index (χ0) is 22.7. The number of hydrogen-bond acceptors (Lipinski definition) is 5. The van der Waals surface area contributed by atoms with Crippen LogP contribution in [0.3, 0.4) is 0 Å². The summed E-state index contributed by atoms with van der Waals surface area (Å²) in [7, 11) is 0. The van der Waals surface area contributed by atoms with Gasteiger partial charge in [-0.1, -0.05) is 11.6 Å². The number of aryl methyl sites for hydroxylation is 1. The number of amides is 1. The van der Waals surface area contributed by atoms with E-state index >= 15 is 0 Å². The van der Waals surface area contributed by atoms with Crippen molar-refractivity contribution in [1.29, 1.82) is 5.26 Å². The summed E-state index contributed by atoms with van der Waals surface area (Å²) in [5.74, 6) is -0.387. The van der Waals surface area contributed by atoms with Crippen LogP contribution < -0.4 is 5.32 Å². The minimum Gasteiger partial charge on any atom is -0.392 e. The summed E-state index contributed by atoms with van der Waals surface area (Å²) in [6.45, 7) is 6.01. The van der Waals surface area contributed by atoms with Crippen molar-refractivity contribution in [2.75, 3.05) is 0 Å². The molecule has 8 nitrogen and oxygen atoms in total. The van der Waals surface area contributed by atoms with Crippen LogP contribution in [-0.4, -0.2) is 42.5 Å². The van der Waals surface area contributed by atoms with E-state index in [-0.39, 0.29) is 28.2 Å². The van der Waals surface area contributed by atoms with Crippen LogP contribution in [0, 0.1) is 24.1 Å². The fourth-order valence-electron chi connectivity index (χ4n) is 3.16. The van der Waals surface area contributed by atoms with Gasteiger partial charge in [0.2, 0.25) is 0 Å². The van der Waals surface area contributed by atoms with Gasteiger partial charge in [-0.25, -0.2) is 9.37 Å². The summed E-state index contributed by atoms with van der Waals surface area (Å²) in [4.78, 5) is 16.7. The highest BCUT2D eigenvalue weighted by atomic mass is 35.5. The first-order valence-electron chi connectivity index (χ1n) is 9.63. The van der Waals surface area contributed by atoms with Crippen LogP contribution in [0.15, 0.2) is 30.6 Å². The van der Waals surface area contributed by atoms with Crippen LogP contribution in [0.25, 0.3) is 11.3 Å². The number of imidazole rings is 1. The zero-order valence-electron chi connectivity index (χ0n) is 17.3. The average Bonchev–Trinajstić information content (AvgIpc) is 3.28. The van der Waals surface area contributed by atoms with Crippen molar-refractivity contribution in [3.63, 3.8) is 0 Å². The molecule has 1 aromatic carbocycles. The van der Waals surface area contributed by atoms with E-state index in [0.29, 0.717) is 30.2 Å². The average molecular weight is 445 g/mol. The molecule has 0 radical (unpaired) electrons. The Balaban J connectivity index is 1.66. The molecule has 2 heterocycles. The van der Waals surface area contributed by atoms with Crippen molar-refractivity contribution >= 4 is 17.5 Å². The normalized spacial score (nSPS) is 12.9. The molecule has 0 saturated heterocycles. The second-order valence-corrected chi connectivity index (χ2v) is 7.81. The number of hydrogen-bond donors (Lipinski definition) is 2. The smallest absolute Gasteiger partial charge is 0.271 e. The second-order valence-electron chi connectivity index (χ2n) is 7.40. The summed E-state index contributed by atoms with van der Waals surface area (Å²) >= 11 is 5.97. The van der Waals surface area contributed by atoms with Gasteiger partial charge in [-0.05, 0) is 39.0 Å². The number of rotatable bonds is 7. The topological polar surface area (TPSA) is 109 Å². The molecule has 0 aliphatic carbocycles. The highest BCUT2D eigenvalue weighted by Gasteiger charge is 2.17. The van der Waals surface area contributed by atoms with E-state index in [2.05, 4.69) is 15.4 Å². The first-order valence-corrected chi connectivity index (χ1v) is 10.0. The molecule has 0 spiro atoms. The molecule has 2 N–H and O–H groups in total. The molecule has 3 aromatic rings. The maximum absolute atomic E-state index is 14.0. The fraction of sp³-hybridized carbons (Fsp3) is 0.333. The Bertz CT molecular complexity index is 1120.